The fourth-order valence-corrected chi connectivity index (χ4v) is 10.4. The number of nitrogens with zero attached hydrogens (tertiary/aromatic N) is 5. The third-order valence-corrected chi connectivity index (χ3v) is 17.2. The smallest absolute Gasteiger partial charge is 0.330 e. The number of esters is 7. The SMILES string of the molecule is CCC(C(=O)NC/C=C/C(=O)OC)n1cccn1.COC(=O)/C=C/CNC(=O)C(CO)c1ccccc1.COC(=O)/C=C/CNC(=O)Cn1nc(C)cc1C.COC(=O)/C=C/CNC(=O)c1cc(Br)ccc1N.COC(=O)/C=C/CNC(=O)c1cc(Br)ccc1OC.COC(=O)/C=C/CNC(=O)c1cccc(Cl)n1.COC(=O)/C=C/CNC(=O)c1ccccc1Br. The lowest BCUT2D eigenvalue weighted by atomic mass is 9.99. The second-order valence-corrected chi connectivity index (χ2v) is 27.2. The maximum atomic E-state index is 11.9. The van der Waals surface area contributed by atoms with Crippen LogP contribution in [0.2, 0.25) is 5.15 Å². The van der Waals surface area contributed by atoms with Gasteiger partial charge in [0, 0.05) is 126 Å². The Kier molecular flexibility index (Phi) is 58.0. The number of hydrogen-bond acceptors (Lipinski definition) is 27. The second kappa shape index (κ2) is 66.1. The van der Waals surface area contributed by atoms with Crippen LogP contribution in [0.15, 0.2) is 232 Å². The molecule has 0 aliphatic carbocycles. The van der Waals surface area contributed by atoms with Crippen LogP contribution >= 0.6 is 59.4 Å². The third-order valence-electron chi connectivity index (χ3n) is 15.3. The van der Waals surface area contributed by atoms with Crippen molar-refractivity contribution in [2.24, 2.45) is 0 Å². The van der Waals surface area contributed by atoms with E-state index < -0.39 is 47.7 Å². The number of pyridine rings is 1. The van der Waals surface area contributed by atoms with Crippen LogP contribution in [0, 0.1) is 13.8 Å². The van der Waals surface area contributed by atoms with Crippen LogP contribution in [-0.2, 0) is 87.6 Å². The molecule has 7 rings (SSSR count). The molecule has 0 fully saturated rings. The first kappa shape index (κ1) is 111. The van der Waals surface area contributed by atoms with Crippen molar-refractivity contribution in [1.29, 1.82) is 0 Å². The molecule has 0 aliphatic heterocycles. The normalized spacial score (nSPS) is 10.9. The summed E-state index contributed by atoms with van der Waals surface area (Å²) in [6.07, 6.45) is 23.4. The van der Waals surface area contributed by atoms with E-state index in [1.165, 1.54) is 136 Å². The van der Waals surface area contributed by atoms with Crippen molar-refractivity contribution in [3.63, 3.8) is 0 Å². The number of nitrogens with two attached hydrogens (primary N) is 1. The molecule has 0 bridgehead atoms. The average Bonchev–Trinajstić information content (AvgIpc) is 1.33. The van der Waals surface area contributed by atoms with Gasteiger partial charge in [0.25, 0.3) is 23.6 Å². The van der Waals surface area contributed by atoms with Crippen LogP contribution in [-0.4, -0.2) is 222 Å². The van der Waals surface area contributed by atoms with Crippen molar-refractivity contribution in [1.82, 2.24) is 61.8 Å². The van der Waals surface area contributed by atoms with E-state index in [1.54, 1.807) is 119 Å². The number of aliphatic hydroxyl groups is 1. The number of rotatable bonds is 34. The number of aliphatic hydroxyl groups excluding tert-OH is 1. The fourth-order valence-electron chi connectivity index (χ4n) is 9.05. The van der Waals surface area contributed by atoms with Gasteiger partial charge in [-0.3, -0.25) is 42.9 Å². The zero-order valence-corrected chi connectivity index (χ0v) is 76.3. The molecule has 0 spiro atoms. The van der Waals surface area contributed by atoms with E-state index >= 15 is 0 Å². The van der Waals surface area contributed by atoms with Gasteiger partial charge in [0.1, 0.15) is 29.2 Å². The predicted molar refractivity (Wildman–Crippen MR) is 479 cm³/mol. The minimum atomic E-state index is -0.604. The molecule has 0 aliphatic rings. The van der Waals surface area contributed by atoms with E-state index in [0.29, 0.717) is 34.5 Å². The Balaban J connectivity index is 0.000000735. The number of halogens is 4. The first-order chi connectivity index (χ1) is 60.3. The molecule has 126 heavy (non-hydrogen) atoms. The van der Waals surface area contributed by atoms with Crippen molar-refractivity contribution in [2.75, 3.05) is 115 Å². The monoisotopic (exact) mass is 1960 g/mol. The summed E-state index contributed by atoms with van der Waals surface area (Å²) in [5.74, 6) is -5.05. The van der Waals surface area contributed by atoms with Gasteiger partial charge in [0.15, 0.2) is 0 Å². The zero-order valence-electron chi connectivity index (χ0n) is 70.8. The fraction of sp³-hybridized carbons (Fsp3) is 0.267. The molecule has 3 heterocycles. The van der Waals surface area contributed by atoms with E-state index in [4.69, 9.17) is 22.1 Å². The van der Waals surface area contributed by atoms with Gasteiger partial charge >= 0.3 is 41.8 Å². The first-order valence-corrected chi connectivity index (χ1v) is 40.1. The van der Waals surface area contributed by atoms with Crippen molar-refractivity contribution in [2.45, 2.75) is 45.7 Å². The minimum absolute atomic E-state index is 0.129. The van der Waals surface area contributed by atoms with E-state index in [2.05, 4.69) is 133 Å². The van der Waals surface area contributed by atoms with Crippen molar-refractivity contribution in [3.05, 3.63) is 277 Å². The van der Waals surface area contributed by atoms with Crippen molar-refractivity contribution < 1.29 is 110 Å². The Morgan fingerprint density at radius 1 is 0.468 bits per heavy atom. The van der Waals surface area contributed by atoms with Crippen LogP contribution < -0.4 is 47.7 Å². The van der Waals surface area contributed by atoms with Gasteiger partial charge in [-0.15, -0.1) is 0 Å². The molecule has 2 unspecified atom stereocenters. The highest BCUT2D eigenvalue weighted by Gasteiger charge is 2.20. The van der Waals surface area contributed by atoms with Gasteiger partial charge in [-0.05, 0) is 115 Å². The Morgan fingerprint density at radius 2 is 0.881 bits per heavy atom. The summed E-state index contributed by atoms with van der Waals surface area (Å²) < 4.78 is 41.5. The van der Waals surface area contributed by atoms with Gasteiger partial charge in [-0.2, -0.15) is 10.2 Å². The molecular weight excluding hydrogens is 1860 g/mol. The topological polar surface area (TPSA) is 492 Å². The molecule has 7 aromatic rings. The number of aryl methyl sites for hydroxylation is 2. The molecule has 4 aromatic carbocycles. The number of ether oxygens (including phenoxy) is 8. The highest BCUT2D eigenvalue weighted by molar-refractivity contribution is 9.11. The summed E-state index contributed by atoms with van der Waals surface area (Å²) in [6.45, 7) is 7.29. The third kappa shape index (κ3) is 48.4. The lowest BCUT2D eigenvalue weighted by Gasteiger charge is -2.14. The zero-order chi connectivity index (χ0) is 94.2. The number of benzene rings is 4. The summed E-state index contributed by atoms with van der Waals surface area (Å²) in [5, 5.41) is 36.2. The number of nitrogens with one attached hydrogen (secondary N) is 7. The Bertz CT molecular complexity index is 4880. The van der Waals surface area contributed by atoms with Gasteiger partial charge in [-0.25, -0.2) is 38.5 Å². The van der Waals surface area contributed by atoms with Crippen LogP contribution in [0.5, 0.6) is 5.75 Å². The highest BCUT2D eigenvalue weighted by atomic mass is 79.9. The number of hydrogen-bond donors (Lipinski definition) is 9. The van der Waals surface area contributed by atoms with Crippen LogP contribution in [0.1, 0.15) is 83.8 Å². The lowest BCUT2D eigenvalue weighted by molar-refractivity contribution is -0.135. The number of aromatic nitrogens is 5. The lowest BCUT2D eigenvalue weighted by Crippen LogP contribution is -2.32. The number of nitrogen functional groups attached to an aromatic ring is 1. The molecule has 2 atom stereocenters. The Morgan fingerprint density at radius 3 is 1.29 bits per heavy atom. The standard InChI is InChI=1S/C14H17NO4.C13H14BrNO4.C12H13BrN2O3.C12H12BrNO3.2C12H17N3O3.C11H11ClN2O3/c1-19-13(17)8-5-9-15-14(18)12(10-16)11-6-3-2-4-7-11;1-18-11-6-5-9(14)8-10(11)13(17)15-7-3-4-12(16)19-2;1-18-11(16)3-2-6-15-12(17)9-7-8(13)4-5-10(9)14;1-17-11(15)7-4-8-14-12(16)9-5-2-3-6-10(9)13;1-9-7-10(2)15(14-9)8-11(16)13-6-4-5-12(17)18-3;1-3-10(15-9-5-8-14-15)12(17)13-7-4-6-11(16)18-2;1-17-10(15)6-3-7-13-11(16)8-4-2-5-9(12)14-8/h2-8,12,16H,9-10H2,1H3,(H,15,18);3-6,8H,7H2,1-2H3,(H,15,17);2-5,7H,6,14H2,1H3,(H,15,17);2-7H,8H2,1H3,(H,14,16);4-5,7H,6,8H2,1-3H3,(H,13,16);4-6,8-10H,3,7H2,1-2H3,(H,13,17);2-6H,7H2,1H3,(H,13,16)/b8-5+;4-3+;3-2+;7-4+;5-4+;6-4+;6-3+. The maximum absolute atomic E-state index is 11.9. The van der Waals surface area contributed by atoms with E-state index in [0.717, 1.165) is 30.4 Å². The largest absolute Gasteiger partial charge is 0.496 e. The molecule has 676 valence electrons. The average molecular weight is 1960 g/mol. The Hall–Kier alpha value is -13.5. The second-order valence-electron chi connectivity index (χ2n) is 24.2. The minimum Gasteiger partial charge on any atom is -0.496 e. The number of anilines is 1. The molecule has 3 aromatic heterocycles. The molecule has 0 radical (unpaired) electrons. The van der Waals surface area contributed by atoms with Crippen LogP contribution in [0.3, 0.4) is 0 Å². The molecule has 36 nitrogen and oxygen atoms in total. The van der Waals surface area contributed by atoms with Crippen molar-refractivity contribution in [3.8, 4) is 5.75 Å². The predicted octanol–water partition coefficient (Wildman–Crippen LogP) is 8.14. The molecule has 7 amide bonds. The maximum Gasteiger partial charge on any atom is 0.330 e. The summed E-state index contributed by atoms with van der Waals surface area (Å²) >= 11 is 15.5. The van der Waals surface area contributed by atoms with Gasteiger partial charge in [0.05, 0.1) is 91.8 Å². The number of methoxy groups -OCH3 is 8. The molecule has 40 heteroatoms. The van der Waals surface area contributed by atoms with E-state index in [-0.39, 0.29) is 117 Å². The Labute approximate surface area is 758 Å². The molecule has 10 N–H and O–H groups in total. The number of carbonyl (C=O) groups excluding carboxylic acids is 14. The summed E-state index contributed by atoms with van der Waals surface area (Å²) in [6, 6.07) is 34.4. The van der Waals surface area contributed by atoms with Crippen molar-refractivity contribution >= 4 is 148 Å². The van der Waals surface area contributed by atoms with Gasteiger partial charge in [-0.1, -0.05) is 141 Å². The van der Waals surface area contributed by atoms with Crippen LogP contribution in [0.25, 0.3) is 0 Å². The van der Waals surface area contributed by atoms with Gasteiger partial charge < -0.3 is 86.0 Å². The molecular formula is C86H101Br3ClN13O23. The highest BCUT2D eigenvalue weighted by Crippen LogP contribution is 2.24. The quantitative estimate of drug-likeness (QED) is 0.00604. The van der Waals surface area contributed by atoms with E-state index in [1.807, 2.05) is 51.1 Å². The number of carbonyl (C=O) groups is 14. The summed E-state index contributed by atoms with van der Waals surface area (Å²) in [7, 11) is 10.5. The molecule has 0 saturated carbocycles. The van der Waals surface area contributed by atoms with Crippen LogP contribution in [0.4, 0.5) is 5.69 Å². The van der Waals surface area contributed by atoms with Gasteiger partial charge in [0.2, 0.25) is 17.7 Å². The first-order valence-electron chi connectivity index (χ1n) is 37.4. The van der Waals surface area contributed by atoms with E-state index in [9.17, 15) is 72.2 Å². The molecule has 0 saturated heterocycles. The summed E-state index contributed by atoms with van der Waals surface area (Å²) in [4.78, 5) is 161. The summed E-state index contributed by atoms with van der Waals surface area (Å²) in [5.41, 5.74) is 10.2. The number of amides is 7.